The number of methoxy groups -OCH3 is 1. The van der Waals surface area contributed by atoms with E-state index in [9.17, 15) is 4.79 Å². The molecule has 1 atom stereocenters. The van der Waals surface area contributed by atoms with Crippen LogP contribution >= 0.6 is 0 Å². The highest BCUT2D eigenvalue weighted by molar-refractivity contribution is 5.91. The summed E-state index contributed by atoms with van der Waals surface area (Å²) in [6.45, 7) is 3.72. The highest BCUT2D eigenvalue weighted by Gasteiger charge is 2.15. The van der Waals surface area contributed by atoms with Crippen LogP contribution in [0.2, 0.25) is 0 Å². The van der Waals surface area contributed by atoms with Crippen LogP contribution in [0.5, 0.6) is 5.75 Å². The van der Waals surface area contributed by atoms with E-state index in [0.29, 0.717) is 5.56 Å². The average molecular weight is 321 g/mol. The van der Waals surface area contributed by atoms with Crippen LogP contribution < -0.4 is 4.74 Å². The second-order valence-corrected chi connectivity index (χ2v) is 5.71. The van der Waals surface area contributed by atoms with Gasteiger partial charge >= 0.3 is 5.97 Å². The molecule has 0 radical (unpaired) electrons. The number of fused-ring (bicyclic) bond motifs is 1. The molecule has 0 saturated carbocycles. The Bertz CT molecular complexity index is 889. The van der Waals surface area contributed by atoms with E-state index < -0.39 is 0 Å². The summed E-state index contributed by atoms with van der Waals surface area (Å²) in [7, 11) is 1.65. The minimum Gasteiger partial charge on any atom is -0.497 e. The third kappa shape index (κ3) is 3.23. The molecule has 0 fully saturated rings. The molecule has 24 heavy (non-hydrogen) atoms. The molecule has 0 N–H and O–H groups in total. The molecule has 0 aliphatic rings. The van der Waals surface area contributed by atoms with Crippen LogP contribution in [-0.2, 0) is 4.74 Å². The molecule has 4 heteroatoms. The minimum absolute atomic E-state index is 0.336. The van der Waals surface area contributed by atoms with Crippen LogP contribution in [0, 0.1) is 6.92 Å². The van der Waals surface area contributed by atoms with E-state index in [4.69, 9.17) is 9.47 Å². The molecule has 3 rings (SSSR count). The number of ether oxygens (including phenoxy) is 2. The lowest BCUT2D eigenvalue weighted by Crippen LogP contribution is -2.10. The van der Waals surface area contributed by atoms with Crippen LogP contribution in [0.3, 0.4) is 0 Å². The number of carbonyl (C=O) groups is 1. The molecule has 0 spiro atoms. The van der Waals surface area contributed by atoms with Gasteiger partial charge in [0, 0.05) is 12.4 Å². The predicted molar refractivity (Wildman–Crippen MR) is 93.3 cm³/mol. The van der Waals surface area contributed by atoms with E-state index >= 15 is 0 Å². The van der Waals surface area contributed by atoms with Crippen LogP contribution in [0.15, 0.2) is 54.9 Å². The molecule has 3 aromatic rings. The van der Waals surface area contributed by atoms with Gasteiger partial charge in [-0.2, -0.15) is 0 Å². The third-order valence-electron chi connectivity index (χ3n) is 4.06. The molecule has 1 aromatic heterocycles. The van der Waals surface area contributed by atoms with Gasteiger partial charge < -0.3 is 9.47 Å². The van der Waals surface area contributed by atoms with E-state index in [2.05, 4.69) is 4.98 Å². The first-order chi connectivity index (χ1) is 11.6. The first-order valence-electron chi connectivity index (χ1n) is 7.78. The fourth-order valence-corrected chi connectivity index (χ4v) is 2.62. The van der Waals surface area contributed by atoms with Crippen molar-refractivity contribution in [2.75, 3.05) is 7.11 Å². The van der Waals surface area contributed by atoms with Gasteiger partial charge in [0.1, 0.15) is 11.9 Å². The fraction of sp³-hybridized carbons (Fsp3) is 0.200. The molecule has 4 nitrogen and oxygen atoms in total. The second-order valence-electron chi connectivity index (χ2n) is 5.71. The van der Waals surface area contributed by atoms with Gasteiger partial charge in [0.15, 0.2) is 0 Å². The van der Waals surface area contributed by atoms with E-state index in [1.807, 2.05) is 50.2 Å². The van der Waals surface area contributed by atoms with E-state index in [0.717, 1.165) is 27.6 Å². The first kappa shape index (κ1) is 16.0. The summed E-state index contributed by atoms with van der Waals surface area (Å²) >= 11 is 0. The van der Waals surface area contributed by atoms with Crippen LogP contribution in [0.4, 0.5) is 0 Å². The zero-order valence-electron chi connectivity index (χ0n) is 13.9. The Morgan fingerprint density at radius 3 is 2.58 bits per heavy atom. The largest absolute Gasteiger partial charge is 0.497 e. The maximum atomic E-state index is 12.3. The molecule has 0 aliphatic carbocycles. The van der Waals surface area contributed by atoms with Crippen molar-refractivity contribution in [1.82, 2.24) is 4.98 Å². The summed E-state index contributed by atoms with van der Waals surface area (Å²) in [6.07, 6.45) is 2.92. The molecular weight excluding hydrogens is 302 g/mol. The minimum atomic E-state index is -0.337. The van der Waals surface area contributed by atoms with Gasteiger partial charge in [0.25, 0.3) is 0 Å². The van der Waals surface area contributed by atoms with E-state index in [1.165, 1.54) is 0 Å². The van der Waals surface area contributed by atoms with E-state index in [1.54, 1.807) is 25.6 Å². The van der Waals surface area contributed by atoms with Crippen molar-refractivity contribution in [3.05, 3.63) is 71.5 Å². The predicted octanol–water partition coefficient (Wildman–Crippen LogP) is 4.47. The summed E-state index contributed by atoms with van der Waals surface area (Å²) < 4.78 is 10.8. The summed E-state index contributed by atoms with van der Waals surface area (Å²) in [6, 6.07) is 13.6. The zero-order chi connectivity index (χ0) is 17.1. The van der Waals surface area contributed by atoms with Crippen LogP contribution in [-0.4, -0.2) is 18.1 Å². The summed E-state index contributed by atoms with van der Waals surface area (Å²) in [5.41, 5.74) is 2.30. The number of esters is 1. The monoisotopic (exact) mass is 321 g/mol. The molecule has 0 bridgehead atoms. The van der Waals surface area contributed by atoms with Crippen molar-refractivity contribution >= 4 is 16.7 Å². The van der Waals surface area contributed by atoms with E-state index in [-0.39, 0.29) is 12.1 Å². The summed E-state index contributed by atoms with van der Waals surface area (Å²) in [4.78, 5) is 16.3. The SMILES string of the molecule is COc1ccc2cc(C(C)OC(=O)c3ccncc3C)ccc2c1. The van der Waals surface area contributed by atoms with Crippen molar-refractivity contribution in [2.45, 2.75) is 20.0 Å². The van der Waals surface area contributed by atoms with Gasteiger partial charge in [0.05, 0.1) is 12.7 Å². The van der Waals surface area contributed by atoms with Crippen LogP contribution in [0.25, 0.3) is 10.8 Å². The lowest BCUT2D eigenvalue weighted by Gasteiger charge is -2.15. The van der Waals surface area contributed by atoms with Gasteiger partial charge in [-0.15, -0.1) is 0 Å². The standard InChI is InChI=1S/C20H19NO3/c1-13-12-21-9-8-19(13)20(22)24-14(2)15-4-5-17-11-18(23-3)7-6-16(17)10-15/h4-12,14H,1-3H3. The Kier molecular flexibility index (Phi) is 4.47. The Morgan fingerprint density at radius 2 is 1.83 bits per heavy atom. The number of carbonyl (C=O) groups excluding carboxylic acids is 1. The highest BCUT2D eigenvalue weighted by Crippen LogP contribution is 2.26. The Morgan fingerprint density at radius 1 is 1.08 bits per heavy atom. The Hall–Kier alpha value is -2.88. The number of pyridine rings is 1. The molecule has 0 aliphatic heterocycles. The molecule has 1 unspecified atom stereocenters. The van der Waals surface area contributed by atoms with Crippen molar-refractivity contribution in [3.63, 3.8) is 0 Å². The van der Waals surface area contributed by atoms with Gasteiger partial charge in [-0.1, -0.05) is 18.2 Å². The maximum Gasteiger partial charge on any atom is 0.339 e. The van der Waals surface area contributed by atoms with Gasteiger partial charge in [-0.25, -0.2) is 4.79 Å². The van der Waals surface area contributed by atoms with Crippen molar-refractivity contribution in [2.24, 2.45) is 0 Å². The molecule has 0 amide bonds. The average Bonchev–Trinajstić information content (AvgIpc) is 2.61. The normalized spacial score (nSPS) is 12.0. The smallest absolute Gasteiger partial charge is 0.339 e. The summed E-state index contributed by atoms with van der Waals surface area (Å²) in [5, 5.41) is 2.16. The van der Waals surface area contributed by atoms with Crippen molar-refractivity contribution < 1.29 is 14.3 Å². The molecular formula is C20H19NO3. The Balaban J connectivity index is 1.82. The maximum absolute atomic E-state index is 12.3. The van der Waals surface area contributed by atoms with Gasteiger partial charge in [-0.05, 0) is 60.0 Å². The Labute approximate surface area is 141 Å². The molecule has 1 heterocycles. The number of hydrogen-bond donors (Lipinski definition) is 0. The number of nitrogens with zero attached hydrogens (tertiary/aromatic N) is 1. The number of benzene rings is 2. The van der Waals surface area contributed by atoms with Gasteiger partial charge in [0.2, 0.25) is 0 Å². The second kappa shape index (κ2) is 6.71. The molecule has 122 valence electrons. The quantitative estimate of drug-likeness (QED) is 0.665. The van der Waals surface area contributed by atoms with Gasteiger partial charge in [-0.3, -0.25) is 4.98 Å². The lowest BCUT2D eigenvalue weighted by atomic mass is 10.0. The van der Waals surface area contributed by atoms with Crippen molar-refractivity contribution in [3.8, 4) is 5.75 Å². The fourth-order valence-electron chi connectivity index (χ4n) is 2.62. The lowest BCUT2D eigenvalue weighted by molar-refractivity contribution is 0.0337. The number of rotatable bonds is 4. The number of aryl methyl sites for hydroxylation is 1. The highest BCUT2D eigenvalue weighted by atomic mass is 16.5. The van der Waals surface area contributed by atoms with Crippen LogP contribution in [0.1, 0.15) is 34.5 Å². The number of aromatic nitrogens is 1. The van der Waals surface area contributed by atoms with Crippen molar-refractivity contribution in [1.29, 1.82) is 0 Å². The number of hydrogen-bond acceptors (Lipinski definition) is 4. The molecule has 2 aromatic carbocycles. The third-order valence-corrected chi connectivity index (χ3v) is 4.06. The molecule has 0 saturated heterocycles. The zero-order valence-corrected chi connectivity index (χ0v) is 13.9. The first-order valence-corrected chi connectivity index (χ1v) is 7.78. The summed E-state index contributed by atoms with van der Waals surface area (Å²) in [5.74, 6) is 0.486. The topological polar surface area (TPSA) is 48.4 Å².